The highest BCUT2D eigenvalue weighted by atomic mass is 16.5. The summed E-state index contributed by atoms with van der Waals surface area (Å²) in [6.07, 6.45) is 4.15. The first kappa shape index (κ1) is 13.6. The van der Waals surface area contributed by atoms with Crippen LogP contribution in [-0.4, -0.2) is 35.7 Å². The lowest BCUT2D eigenvalue weighted by molar-refractivity contribution is -0.138. The summed E-state index contributed by atoms with van der Waals surface area (Å²) in [5.41, 5.74) is 0.886. The van der Waals surface area contributed by atoms with E-state index in [1.165, 1.54) is 0 Å². The Morgan fingerprint density at radius 3 is 3.05 bits per heavy atom. The van der Waals surface area contributed by atoms with E-state index in [0.29, 0.717) is 24.5 Å². The van der Waals surface area contributed by atoms with Gasteiger partial charge < -0.3 is 18.6 Å². The number of likely N-dealkylation sites (tertiary alicyclic amines) is 1. The van der Waals surface area contributed by atoms with Gasteiger partial charge in [-0.15, -0.1) is 0 Å². The van der Waals surface area contributed by atoms with Crippen molar-refractivity contribution in [1.29, 1.82) is 0 Å². The maximum Gasteiger partial charge on any atom is 0.222 e. The van der Waals surface area contributed by atoms with E-state index in [1.54, 1.807) is 12.3 Å². The molecule has 0 bridgehead atoms. The highest BCUT2D eigenvalue weighted by Gasteiger charge is 2.41. The smallest absolute Gasteiger partial charge is 0.222 e. The molecule has 0 aliphatic carbocycles. The first-order valence-electron chi connectivity index (χ1n) is 7.59. The quantitative estimate of drug-likeness (QED) is 0.871. The lowest BCUT2D eigenvalue weighted by Crippen LogP contribution is -2.46. The molecule has 2 aliphatic rings. The van der Waals surface area contributed by atoms with Gasteiger partial charge in [0.15, 0.2) is 5.76 Å². The minimum atomic E-state index is 0.140. The largest absolute Gasteiger partial charge is 0.461 e. The molecule has 1 atom stereocenters. The van der Waals surface area contributed by atoms with Crippen LogP contribution < -0.4 is 0 Å². The van der Waals surface area contributed by atoms with Gasteiger partial charge in [0.05, 0.1) is 19.4 Å². The number of aromatic nitrogens is 1. The van der Waals surface area contributed by atoms with Crippen LogP contribution in [0.4, 0.5) is 0 Å². The van der Waals surface area contributed by atoms with Gasteiger partial charge in [-0.05, 0) is 25.0 Å². The van der Waals surface area contributed by atoms with E-state index in [1.807, 2.05) is 17.0 Å². The Balaban J connectivity index is 1.49. The van der Waals surface area contributed by atoms with Crippen LogP contribution in [0.5, 0.6) is 0 Å². The Hall–Kier alpha value is -2.08. The van der Waals surface area contributed by atoms with Crippen molar-refractivity contribution < 1.29 is 18.5 Å². The topological polar surface area (TPSA) is 68.7 Å². The van der Waals surface area contributed by atoms with Gasteiger partial charge in [0.1, 0.15) is 5.69 Å². The Kier molecular flexibility index (Phi) is 3.26. The summed E-state index contributed by atoms with van der Waals surface area (Å²) in [7, 11) is 0. The van der Waals surface area contributed by atoms with Crippen LogP contribution >= 0.6 is 0 Å². The second-order valence-electron chi connectivity index (χ2n) is 6.21. The average Bonchev–Trinajstić information content (AvgIpc) is 3.25. The zero-order valence-corrected chi connectivity index (χ0v) is 12.3. The van der Waals surface area contributed by atoms with Crippen LogP contribution in [0.15, 0.2) is 33.4 Å². The number of piperidine rings is 1. The molecule has 6 heteroatoms. The van der Waals surface area contributed by atoms with Crippen molar-refractivity contribution in [3.8, 4) is 11.5 Å². The number of hydrogen-bond acceptors (Lipinski definition) is 5. The van der Waals surface area contributed by atoms with E-state index >= 15 is 0 Å². The lowest BCUT2D eigenvalue weighted by Gasteiger charge is -2.38. The molecule has 4 heterocycles. The van der Waals surface area contributed by atoms with Gasteiger partial charge >= 0.3 is 0 Å². The Morgan fingerprint density at radius 2 is 2.27 bits per heavy atom. The van der Waals surface area contributed by atoms with Gasteiger partial charge in [-0.25, -0.2) is 0 Å². The number of carbonyl (C=O) groups is 1. The minimum absolute atomic E-state index is 0.140. The van der Waals surface area contributed by atoms with E-state index in [4.69, 9.17) is 13.7 Å². The van der Waals surface area contributed by atoms with Crippen molar-refractivity contribution >= 4 is 5.91 Å². The molecule has 0 unspecified atom stereocenters. The first-order chi connectivity index (χ1) is 10.7. The number of amides is 1. The number of rotatable bonds is 3. The van der Waals surface area contributed by atoms with Crippen molar-refractivity contribution in [2.24, 2.45) is 5.41 Å². The summed E-state index contributed by atoms with van der Waals surface area (Å²) in [4.78, 5) is 14.1. The van der Waals surface area contributed by atoms with Gasteiger partial charge in [0.25, 0.3) is 0 Å². The Morgan fingerprint density at radius 1 is 1.32 bits per heavy atom. The van der Waals surface area contributed by atoms with E-state index in [2.05, 4.69) is 5.16 Å². The third kappa shape index (κ3) is 2.43. The molecule has 2 saturated heterocycles. The first-order valence-corrected chi connectivity index (χ1v) is 7.59. The Labute approximate surface area is 128 Å². The number of hydrogen-bond donors (Lipinski definition) is 0. The molecule has 116 valence electrons. The third-order valence-electron chi connectivity index (χ3n) is 4.61. The molecule has 2 aromatic rings. The van der Waals surface area contributed by atoms with Gasteiger partial charge in [0, 0.05) is 31.1 Å². The number of furan rings is 1. The fourth-order valence-corrected chi connectivity index (χ4v) is 3.33. The molecule has 4 rings (SSSR count). The molecule has 6 nitrogen and oxygen atoms in total. The van der Waals surface area contributed by atoms with E-state index in [9.17, 15) is 4.79 Å². The molecular weight excluding hydrogens is 284 g/mol. The predicted octanol–water partition coefficient (Wildman–Crippen LogP) is 2.46. The molecule has 1 spiro atoms. The summed E-state index contributed by atoms with van der Waals surface area (Å²) in [6, 6.07) is 5.45. The zero-order valence-electron chi connectivity index (χ0n) is 12.3. The SMILES string of the molecule is O=C1CC[C@]2(CCOC2)CN1Cc1cc(-c2ccco2)on1. The lowest BCUT2D eigenvalue weighted by atomic mass is 9.79. The summed E-state index contributed by atoms with van der Waals surface area (Å²) in [5, 5.41) is 4.06. The molecule has 2 aromatic heterocycles. The van der Waals surface area contributed by atoms with Crippen LogP contribution in [0.1, 0.15) is 25.0 Å². The normalized spacial score (nSPS) is 25.3. The molecule has 2 aliphatic heterocycles. The molecule has 0 N–H and O–H groups in total. The second-order valence-corrected chi connectivity index (χ2v) is 6.21. The number of ether oxygens (including phenoxy) is 1. The fourth-order valence-electron chi connectivity index (χ4n) is 3.33. The predicted molar refractivity (Wildman–Crippen MR) is 76.7 cm³/mol. The van der Waals surface area contributed by atoms with Crippen LogP contribution in [0.2, 0.25) is 0 Å². The highest BCUT2D eigenvalue weighted by molar-refractivity contribution is 5.77. The van der Waals surface area contributed by atoms with Crippen molar-refractivity contribution in [3.63, 3.8) is 0 Å². The Bertz CT molecular complexity index is 656. The minimum Gasteiger partial charge on any atom is -0.461 e. The molecular formula is C16H18N2O4. The summed E-state index contributed by atoms with van der Waals surface area (Å²) < 4.78 is 16.1. The van der Waals surface area contributed by atoms with Crippen molar-refractivity contribution in [2.75, 3.05) is 19.8 Å². The third-order valence-corrected chi connectivity index (χ3v) is 4.61. The fraction of sp³-hybridized carbons (Fsp3) is 0.500. The molecule has 2 fully saturated rings. The van der Waals surface area contributed by atoms with E-state index in [0.717, 1.165) is 38.3 Å². The van der Waals surface area contributed by atoms with Crippen molar-refractivity contribution in [2.45, 2.75) is 25.8 Å². The maximum atomic E-state index is 12.2. The maximum absolute atomic E-state index is 12.2. The van der Waals surface area contributed by atoms with Crippen LogP contribution in [0.25, 0.3) is 11.5 Å². The van der Waals surface area contributed by atoms with Crippen molar-refractivity contribution in [3.05, 3.63) is 30.2 Å². The number of nitrogens with zero attached hydrogens (tertiary/aromatic N) is 2. The van der Waals surface area contributed by atoms with Gasteiger partial charge in [0.2, 0.25) is 11.7 Å². The second kappa shape index (κ2) is 5.28. The molecule has 22 heavy (non-hydrogen) atoms. The zero-order chi connectivity index (χ0) is 15.0. The van der Waals surface area contributed by atoms with Crippen LogP contribution in [0.3, 0.4) is 0 Å². The molecule has 1 amide bonds. The standard InChI is InChI=1S/C16H18N2O4/c19-15-3-4-16(5-7-20-11-16)10-18(15)9-12-8-14(22-17-12)13-2-1-6-21-13/h1-2,6,8H,3-5,7,9-11H2/t16-/m0/s1. The van der Waals surface area contributed by atoms with Gasteiger partial charge in [-0.3, -0.25) is 4.79 Å². The van der Waals surface area contributed by atoms with Crippen LogP contribution in [-0.2, 0) is 16.1 Å². The summed E-state index contributed by atoms with van der Waals surface area (Å²) in [6.45, 7) is 2.78. The average molecular weight is 302 g/mol. The van der Waals surface area contributed by atoms with Crippen molar-refractivity contribution in [1.82, 2.24) is 10.1 Å². The monoisotopic (exact) mass is 302 g/mol. The molecule has 0 radical (unpaired) electrons. The molecule has 0 aromatic carbocycles. The summed E-state index contributed by atoms with van der Waals surface area (Å²) >= 11 is 0. The number of carbonyl (C=O) groups excluding carboxylic acids is 1. The van der Waals surface area contributed by atoms with E-state index < -0.39 is 0 Å². The van der Waals surface area contributed by atoms with Gasteiger partial charge in [-0.2, -0.15) is 0 Å². The van der Waals surface area contributed by atoms with E-state index in [-0.39, 0.29) is 11.3 Å². The summed E-state index contributed by atoms with van der Waals surface area (Å²) in [5.74, 6) is 1.41. The van der Waals surface area contributed by atoms with Crippen LogP contribution in [0, 0.1) is 5.41 Å². The highest BCUT2D eigenvalue weighted by Crippen LogP contribution is 2.38. The van der Waals surface area contributed by atoms with Gasteiger partial charge in [-0.1, -0.05) is 5.16 Å². The molecule has 0 saturated carbocycles.